The Bertz CT molecular complexity index is 956. The Morgan fingerprint density at radius 2 is 1.94 bits per heavy atom. The maximum Gasteiger partial charge on any atom is 0.244 e. The van der Waals surface area contributed by atoms with Crippen molar-refractivity contribution in [3.63, 3.8) is 0 Å². The number of amides is 1. The number of methoxy groups -OCH3 is 1. The van der Waals surface area contributed by atoms with E-state index in [-0.39, 0.29) is 13.0 Å². The molecule has 0 aromatic heterocycles. The van der Waals surface area contributed by atoms with Crippen LogP contribution >= 0.6 is 11.8 Å². The third-order valence-electron chi connectivity index (χ3n) is 4.27. The lowest BCUT2D eigenvalue weighted by molar-refractivity contribution is -0.122. The van der Waals surface area contributed by atoms with Crippen molar-refractivity contribution in [2.75, 3.05) is 32.3 Å². The van der Waals surface area contributed by atoms with E-state index in [1.807, 2.05) is 12.3 Å². The van der Waals surface area contributed by atoms with Crippen LogP contribution in [-0.2, 0) is 26.1 Å². The van der Waals surface area contributed by atoms with Crippen LogP contribution in [-0.4, -0.2) is 52.7 Å². The molecule has 2 N–H and O–H groups in total. The predicted molar refractivity (Wildman–Crippen MR) is 119 cm³/mol. The van der Waals surface area contributed by atoms with Gasteiger partial charge in [0.25, 0.3) is 0 Å². The van der Waals surface area contributed by atoms with E-state index in [0.29, 0.717) is 24.7 Å². The number of carbonyl (C=O) groups excluding carboxylic acids is 1. The lowest BCUT2D eigenvalue weighted by Gasteiger charge is -2.18. The Morgan fingerprint density at radius 3 is 2.65 bits per heavy atom. The Morgan fingerprint density at radius 1 is 1.16 bits per heavy atom. The highest BCUT2D eigenvalue weighted by Crippen LogP contribution is 2.16. The number of halogens is 1. The fraction of sp³-hybridized carbons (Fsp3) is 0.381. The molecule has 0 aliphatic heterocycles. The molecule has 31 heavy (non-hydrogen) atoms. The number of hydrogen-bond acceptors (Lipinski definition) is 6. The molecule has 0 spiro atoms. The Labute approximate surface area is 186 Å². The van der Waals surface area contributed by atoms with Crippen LogP contribution in [0, 0.1) is 5.82 Å². The molecule has 7 nitrogen and oxygen atoms in total. The quantitative estimate of drug-likeness (QED) is 0.437. The van der Waals surface area contributed by atoms with Crippen molar-refractivity contribution < 1.29 is 27.1 Å². The number of nitrogens with one attached hydrogen (secondary N) is 2. The second kappa shape index (κ2) is 12.7. The van der Waals surface area contributed by atoms with Crippen molar-refractivity contribution in [2.24, 2.45) is 0 Å². The topological polar surface area (TPSA) is 93.7 Å². The maximum atomic E-state index is 14.0. The summed E-state index contributed by atoms with van der Waals surface area (Å²) in [5.74, 6) is -0.160. The summed E-state index contributed by atoms with van der Waals surface area (Å²) in [6, 6.07) is 11.2. The average molecular weight is 471 g/mol. The van der Waals surface area contributed by atoms with E-state index < -0.39 is 32.7 Å². The molecule has 2 aromatic carbocycles. The zero-order valence-corrected chi connectivity index (χ0v) is 19.1. The van der Waals surface area contributed by atoms with Gasteiger partial charge in [0.15, 0.2) is 0 Å². The number of carbonyl (C=O) groups is 1. The molecule has 10 heteroatoms. The Kier molecular flexibility index (Phi) is 10.3. The van der Waals surface area contributed by atoms with Crippen molar-refractivity contribution in [1.29, 1.82) is 0 Å². The monoisotopic (exact) mass is 470 g/mol. The summed E-state index contributed by atoms with van der Waals surface area (Å²) >= 11 is 1.48. The first-order chi connectivity index (χ1) is 14.9. The minimum absolute atomic E-state index is 0.192. The van der Waals surface area contributed by atoms with Crippen LogP contribution < -0.4 is 14.8 Å². The van der Waals surface area contributed by atoms with Crippen molar-refractivity contribution in [2.45, 2.75) is 23.9 Å². The third kappa shape index (κ3) is 8.13. The molecule has 0 bridgehead atoms. The SMILES string of the molecule is COCCOc1cccc(CNC(=O)C(CCSC)NS(=O)(=O)c2ccccc2F)c1. The lowest BCUT2D eigenvalue weighted by atomic mass is 10.2. The van der Waals surface area contributed by atoms with E-state index >= 15 is 0 Å². The molecule has 0 aliphatic rings. The summed E-state index contributed by atoms with van der Waals surface area (Å²) < 4.78 is 52.0. The number of ether oxygens (including phenoxy) is 2. The molecule has 0 aliphatic carbocycles. The summed E-state index contributed by atoms with van der Waals surface area (Å²) in [7, 11) is -2.61. The van der Waals surface area contributed by atoms with Crippen molar-refractivity contribution in [3.05, 3.63) is 59.9 Å². The number of rotatable bonds is 13. The molecular weight excluding hydrogens is 443 g/mol. The third-order valence-corrected chi connectivity index (χ3v) is 6.42. The maximum absolute atomic E-state index is 14.0. The lowest BCUT2D eigenvalue weighted by Crippen LogP contribution is -2.46. The van der Waals surface area contributed by atoms with Gasteiger partial charge in [0.05, 0.1) is 6.61 Å². The molecular formula is C21H27FN2O5S2. The van der Waals surface area contributed by atoms with Gasteiger partial charge in [0.2, 0.25) is 15.9 Å². The fourth-order valence-electron chi connectivity index (χ4n) is 2.69. The summed E-state index contributed by atoms with van der Waals surface area (Å²) in [6.07, 6.45) is 2.12. The zero-order valence-electron chi connectivity index (χ0n) is 17.5. The van der Waals surface area contributed by atoms with Crippen LogP contribution in [0.25, 0.3) is 0 Å². The van der Waals surface area contributed by atoms with Gasteiger partial charge in [-0.3, -0.25) is 4.79 Å². The van der Waals surface area contributed by atoms with E-state index in [2.05, 4.69) is 10.0 Å². The van der Waals surface area contributed by atoms with Gasteiger partial charge in [-0.05, 0) is 48.3 Å². The smallest absolute Gasteiger partial charge is 0.244 e. The standard InChI is InChI=1S/C21H27FN2O5S2/c1-28-11-12-29-17-7-5-6-16(14-17)15-23-21(25)19(10-13-30-2)24-31(26,27)20-9-4-3-8-18(20)22/h3-9,14,19,24H,10-13,15H2,1-2H3,(H,23,25). The number of hydrogen-bond donors (Lipinski definition) is 2. The van der Waals surface area contributed by atoms with Gasteiger partial charge >= 0.3 is 0 Å². The van der Waals surface area contributed by atoms with Gasteiger partial charge in [-0.2, -0.15) is 16.5 Å². The molecule has 0 heterocycles. The molecule has 0 radical (unpaired) electrons. The molecule has 0 saturated heterocycles. The predicted octanol–water partition coefficient (Wildman–Crippen LogP) is 2.57. The highest BCUT2D eigenvalue weighted by atomic mass is 32.2. The highest BCUT2D eigenvalue weighted by molar-refractivity contribution is 7.98. The number of benzene rings is 2. The van der Waals surface area contributed by atoms with Crippen LogP contribution in [0.3, 0.4) is 0 Å². The van der Waals surface area contributed by atoms with Crippen LogP contribution in [0.15, 0.2) is 53.4 Å². The van der Waals surface area contributed by atoms with Crippen LogP contribution in [0.4, 0.5) is 4.39 Å². The van der Waals surface area contributed by atoms with Gasteiger partial charge in [-0.15, -0.1) is 0 Å². The van der Waals surface area contributed by atoms with E-state index in [4.69, 9.17) is 9.47 Å². The first kappa shape index (κ1) is 25.1. The Balaban J connectivity index is 2.05. The molecule has 1 unspecified atom stereocenters. The van der Waals surface area contributed by atoms with Crippen molar-refractivity contribution in [1.82, 2.24) is 10.0 Å². The van der Waals surface area contributed by atoms with Crippen molar-refractivity contribution >= 4 is 27.7 Å². The molecule has 1 amide bonds. The summed E-state index contributed by atoms with van der Waals surface area (Å²) in [5.41, 5.74) is 0.795. The molecule has 2 aromatic rings. The highest BCUT2D eigenvalue weighted by Gasteiger charge is 2.27. The van der Waals surface area contributed by atoms with Crippen LogP contribution in [0.1, 0.15) is 12.0 Å². The van der Waals surface area contributed by atoms with Gasteiger partial charge in [0, 0.05) is 13.7 Å². The van der Waals surface area contributed by atoms with E-state index in [1.54, 1.807) is 25.3 Å². The zero-order chi connectivity index (χ0) is 22.7. The van der Waals surface area contributed by atoms with Gasteiger partial charge in [-0.1, -0.05) is 24.3 Å². The van der Waals surface area contributed by atoms with E-state index in [0.717, 1.165) is 17.7 Å². The number of thioether (sulfide) groups is 1. The first-order valence-electron chi connectivity index (χ1n) is 9.61. The van der Waals surface area contributed by atoms with E-state index in [9.17, 15) is 17.6 Å². The molecule has 170 valence electrons. The van der Waals surface area contributed by atoms with E-state index in [1.165, 1.54) is 23.9 Å². The first-order valence-corrected chi connectivity index (χ1v) is 12.5. The normalized spacial score (nSPS) is 12.4. The van der Waals surface area contributed by atoms with Gasteiger partial charge in [0.1, 0.15) is 29.1 Å². The Hall–Kier alpha value is -2.14. The summed E-state index contributed by atoms with van der Waals surface area (Å²) in [6.45, 7) is 1.05. The minimum Gasteiger partial charge on any atom is -0.491 e. The minimum atomic E-state index is -4.20. The second-order valence-electron chi connectivity index (χ2n) is 6.59. The average Bonchev–Trinajstić information content (AvgIpc) is 2.75. The van der Waals surface area contributed by atoms with Gasteiger partial charge in [-0.25, -0.2) is 12.8 Å². The fourth-order valence-corrected chi connectivity index (χ4v) is 4.47. The molecule has 0 fully saturated rings. The molecule has 2 rings (SSSR count). The van der Waals surface area contributed by atoms with Crippen molar-refractivity contribution in [3.8, 4) is 5.75 Å². The van der Waals surface area contributed by atoms with Crippen LogP contribution in [0.2, 0.25) is 0 Å². The summed E-state index contributed by atoms with van der Waals surface area (Å²) in [5, 5.41) is 2.74. The van der Waals surface area contributed by atoms with Gasteiger partial charge < -0.3 is 14.8 Å². The largest absolute Gasteiger partial charge is 0.491 e. The molecule has 0 saturated carbocycles. The number of sulfonamides is 1. The van der Waals surface area contributed by atoms with Crippen LogP contribution in [0.5, 0.6) is 5.75 Å². The molecule has 1 atom stereocenters. The summed E-state index contributed by atoms with van der Waals surface area (Å²) in [4.78, 5) is 12.2. The second-order valence-corrected chi connectivity index (χ2v) is 9.26.